The fourth-order valence-electron chi connectivity index (χ4n) is 3.39. The molecule has 2 aliphatic rings. The summed E-state index contributed by atoms with van der Waals surface area (Å²) in [6, 6.07) is 6.06. The highest BCUT2D eigenvalue weighted by Crippen LogP contribution is 2.32. The molecule has 1 aliphatic heterocycles. The van der Waals surface area contributed by atoms with Crippen LogP contribution in [0.5, 0.6) is 0 Å². The number of rotatable bonds is 4. The van der Waals surface area contributed by atoms with Crippen molar-refractivity contribution in [2.24, 2.45) is 0 Å². The Balaban J connectivity index is 1.60. The van der Waals surface area contributed by atoms with E-state index in [-0.39, 0.29) is 11.3 Å². The number of aryl methyl sites for hydroxylation is 1. The largest absolute Gasteiger partial charge is 0.378 e. The maximum Gasteiger partial charge on any atom is 0.135 e. The topological polar surface area (TPSA) is 47.0 Å². The summed E-state index contributed by atoms with van der Waals surface area (Å²) in [6.07, 6.45) is 2.97. The van der Waals surface area contributed by atoms with Crippen molar-refractivity contribution in [2.75, 3.05) is 19.8 Å². The third-order valence-electron chi connectivity index (χ3n) is 4.80. The third kappa shape index (κ3) is 2.91. The van der Waals surface area contributed by atoms with Gasteiger partial charge in [0.1, 0.15) is 11.6 Å². The number of nitrogens with one attached hydrogen (secondary N) is 1. The molecular weight excluding hydrogens is 312 g/mol. The van der Waals surface area contributed by atoms with E-state index in [9.17, 15) is 8.78 Å². The number of fused-ring (bicyclic) bond motifs is 1. The Hall–Kier alpha value is -1.92. The number of benzene rings is 1. The van der Waals surface area contributed by atoms with E-state index in [1.807, 2.05) is 0 Å². The minimum absolute atomic E-state index is 0.0975. The number of aromatic nitrogens is 2. The summed E-state index contributed by atoms with van der Waals surface area (Å²) in [6.45, 7) is 2.36. The van der Waals surface area contributed by atoms with Crippen molar-refractivity contribution >= 4 is 0 Å². The van der Waals surface area contributed by atoms with Crippen molar-refractivity contribution in [3.8, 4) is 11.3 Å². The first-order valence-electron chi connectivity index (χ1n) is 8.34. The van der Waals surface area contributed by atoms with Crippen LogP contribution in [-0.4, -0.2) is 36.0 Å². The Morgan fingerprint density at radius 1 is 1.17 bits per heavy atom. The molecule has 0 spiro atoms. The molecule has 4 rings (SSSR count). The van der Waals surface area contributed by atoms with Crippen molar-refractivity contribution in [1.82, 2.24) is 15.5 Å². The van der Waals surface area contributed by atoms with Gasteiger partial charge in [0.25, 0.3) is 0 Å². The van der Waals surface area contributed by atoms with Crippen molar-refractivity contribution in [3.63, 3.8) is 0 Å². The summed E-state index contributed by atoms with van der Waals surface area (Å²) in [4.78, 5) is 0. The first kappa shape index (κ1) is 15.6. The van der Waals surface area contributed by atoms with Crippen LogP contribution in [0.25, 0.3) is 11.3 Å². The fraction of sp³-hybridized carbons (Fsp3) is 0.444. The second-order valence-corrected chi connectivity index (χ2v) is 6.47. The zero-order valence-corrected chi connectivity index (χ0v) is 13.3. The summed E-state index contributed by atoms with van der Waals surface area (Å²) in [5.41, 5.74) is 2.17. The average Bonchev–Trinajstić information content (AvgIpc) is 2.53. The lowest BCUT2D eigenvalue weighted by atomic mass is 9.86. The molecule has 0 saturated carbocycles. The minimum Gasteiger partial charge on any atom is -0.378 e. The van der Waals surface area contributed by atoms with Crippen LogP contribution in [0.3, 0.4) is 0 Å². The predicted octanol–water partition coefficient (Wildman–Crippen LogP) is 2.83. The smallest absolute Gasteiger partial charge is 0.135 e. The van der Waals surface area contributed by atoms with Gasteiger partial charge in [-0.2, -0.15) is 10.2 Å². The van der Waals surface area contributed by atoms with E-state index in [1.165, 1.54) is 18.2 Å². The van der Waals surface area contributed by atoms with E-state index in [0.717, 1.165) is 50.3 Å². The Morgan fingerprint density at radius 3 is 2.67 bits per heavy atom. The molecule has 1 fully saturated rings. The highest BCUT2D eigenvalue weighted by molar-refractivity contribution is 5.61. The summed E-state index contributed by atoms with van der Waals surface area (Å²) in [5, 5.41) is 11.9. The number of halogens is 2. The van der Waals surface area contributed by atoms with Crippen LogP contribution in [0.4, 0.5) is 8.78 Å². The minimum atomic E-state index is -0.608. The van der Waals surface area contributed by atoms with Gasteiger partial charge in [-0.25, -0.2) is 8.78 Å². The van der Waals surface area contributed by atoms with Gasteiger partial charge in [0.15, 0.2) is 0 Å². The second kappa shape index (κ2) is 6.53. The van der Waals surface area contributed by atoms with Crippen molar-refractivity contribution in [2.45, 2.75) is 31.2 Å². The molecule has 2 heterocycles. The van der Waals surface area contributed by atoms with Crippen LogP contribution in [0.15, 0.2) is 24.3 Å². The molecule has 2 aromatic rings. The summed E-state index contributed by atoms with van der Waals surface area (Å²) >= 11 is 0. The molecule has 0 amide bonds. The van der Waals surface area contributed by atoms with E-state index in [4.69, 9.17) is 4.74 Å². The van der Waals surface area contributed by atoms with Gasteiger partial charge in [0, 0.05) is 12.5 Å². The van der Waals surface area contributed by atoms with Crippen LogP contribution >= 0.6 is 0 Å². The molecule has 126 valence electrons. The predicted molar refractivity (Wildman–Crippen MR) is 85.7 cm³/mol. The zero-order valence-electron chi connectivity index (χ0n) is 13.3. The second-order valence-electron chi connectivity index (χ2n) is 6.47. The van der Waals surface area contributed by atoms with Crippen LogP contribution in [-0.2, 0) is 11.2 Å². The van der Waals surface area contributed by atoms with Crippen molar-refractivity contribution in [3.05, 3.63) is 47.2 Å². The Morgan fingerprint density at radius 2 is 1.96 bits per heavy atom. The van der Waals surface area contributed by atoms with Crippen LogP contribution in [0.1, 0.15) is 30.0 Å². The molecular formula is C18H19F2N3O. The van der Waals surface area contributed by atoms with Crippen LogP contribution in [0, 0.1) is 11.6 Å². The molecule has 6 heteroatoms. The quantitative estimate of drug-likeness (QED) is 0.936. The molecule has 24 heavy (non-hydrogen) atoms. The SMILES string of the molecule is Fc1cccc(F)c1-c1cc2c(nn1)C(CNC1COC1)CCC2. The number of nitrogens with zero attached hydrogens (tertiary/aromatic N) is 2. The van der Waals surface area contributed by atoms with Crippen molar-refractivity contribution < 1.29 is 13.5 Å². The van der Waals surface area contributed by atoms with Gasteiger partial charge >= 0.3 is 0 Å². The number of hydrogen-bond acceptors (Lipinski definition) is 4. The Bertz CT molecular complexity index is 729. The van der Waals surface area contributed by atoms with E-state index in [0.29, 0.717) is 12.0 Å². The number of hydrogen-bond donors (Lipinski definition) is 1. The molecule has 1 N–H and O–H groups in total. The average molecular weight is 331 g/mol. The molecule has 1 unspecified atom stereocenters. The summed E-state index contributed by atoms with van der Waals surface area (Å²) < 4.78 is 33.1. The van der Waals surface area contributed by atoms with Crippen LogP contribution < -0.4 is 5.32 Å². The monoisotopic (exact) mass is 331 g/mol. The zero-order chi connectivity index (χ0) is 16.5. The van der Waals surface area contributed by atoms with Gasteiger partial charge in [-0.15, -0.1) is 0 Å². The normalized spacial score (nSPS) is 20.5. The Kier molecular flexibility index (Phi) is 4.24. The number of ether oxygens (including phenoxy) is 1. The van der Waals surface area contributed by atoms with Crippen molar-refractivity contribution in [1.29, 1.82) is 0 Å². The molecule has 0 bridgehead atoms. The van der Waals surface area contributed by atoms with E-state index in [2.05, 4.69) is 15.5 Å². The molecule has 1 aromatic carbocycles. The lowest BCUT2D eigenvalue weighted by Gasteiger charge is -2.30. The van der Waals surface area contributed by atoms with Gasteiger partial charge in [0.05, 0.1) is 36.2 Å². The maximum absolute atomic E-state index is 14.0. The first-order chi connectivity index (χ1) is 11.7. The highest BCUT2D eigenvalue weighted by Gasteiger charge is 2.26. The van der Waals surface area contributed by atoms with Gasteiger partial charge < -0.3 is 10.1 Å². The molecule has 1 saturated heterocycles. The fourth-order valence-corrected chi connectivity index (χ4v) is 3.39. The third-order valence-corrected chi connectivity index (χ3v) is 4.80. The van der Waals surface area contributed by atoms with Gasteiger partial charge in [-0.3, -0.25) is 0 Å². The molecule has 1 aromatic heterocycles. The lowest BCUT2D eigenvalue weighted by Crippen LogP contribution is -2.47. The van der Waals surface area contributed by atoms with E-state index >= 15 is 0 Å². The van der Waals surface area contributed by atoms with Gasteiger partial charge in [0.2, 0.25) is 0 Å². The highest BCUT2D eigenvalue weighted by atomic mass is 19.1. The lowest BCUT2D eigenvalue weighted by molar-refractivity contribution is -0.00567. The van der Waals surface area contributed by atoms with E-state index < -0.39 is 11.6 Å². The van der Waals surface area contributed by atoms with Gasteiger partial charge in [-0.1, -0.05) is 6.07 Å². The first-order valence-corrected chi connectivity index (χ1v) is 8.34. The van der Waals surface area contributed by atoms with E-state index in [1.54, 1.807) is 6.07 Å². The molecule has 4 nitrogen and oxygen atoms in total. The maximum atomic E-state index is 14.0. The summed E-state index contributed by atoms with van der Waals surface area (Å²) in [7, 11) is 0. The van der Waals surface area contributed by atoms with Crippen LogP contribution in [0.2, 0.25) is 0 Å². The van der Waals surface area contributed by atoms with Gasteiger partial charge in [-0.05, 0) is 43.0 Å². The molecule has 0 radical (unpaired) electrons. The molecule has 1 atom stereocenters. The standard InChI is InChI=1S/C18H19F2N3O/c19-14-5-2-6-15(20)17(14)16-7-11-3-1-4-12(18(11)23-22-16)8-21-13-9-24-10-13/h2,5-7,12-13,21H,1,3-4,8-10H2. The summed E-state index contributed by atoms with van der Waals surface area (Å²) in [5.74, 6) is -0.923. The Labute approximate surface area is 139 Å². The molecule has 1 aliphatic carbocycles.